The van der Waals surface area contributed by atoms with E-state index < -0.39 is 5.41 Å². The molecule has 0 radical (unpaired) electrons. The number of benzene rings is 2. The molecule has 3 rings (SSSR count). The van der Waals surface area contributed by atoms with Crippen LogP contribution in [0.5, 0.6) is 17.2 Å². The third kappa shape index (κ3) is 4.29. The third-order valence-corrected chi connectivity index (χ3v) is 5.12. The Bertz CT molecular complexity index is 921. The predicted octanol–water partition coefficient (Wildman–Crippen LogP) is 3.06. The summed E-state index contributed by atoms with van der Waals surface area (Å²) >= 11 is 0. The highest BCUT2D eigenvalue weighted by molar-refractivity contribution is 6.13. The van der Waals surface area contributed by atoms with Crippen LogP contribution >= 0.6 is 0 Å². The molecule has 29 heavy (non-hydrogen) atoms. The molecule has 2 amide bonds. The molecule has 7 nitrogen and oxygen atoms in total. The highest BCUT2D eigenvalue weighted by Crippen LogP contribution is 2.47. The summed E-state index contributed by atoms with van der Waals surface area (Å²) in [4.78, 5) is 25.6. The summed E-state index contributed by atoms with van der Waals surface area (Å²) < 4.78 is 15.8. The van der Waals surface area contributed by atoms with Crippen molar-refractivity contribution in [3.8, 4) is 17.2 Å². The minimum atomic E-state index is -1.04. The average molecular weight is 398 g/mol. The van der Waals surface area contributed by atoms with Crippen LogP contribution in [-0.2, 0) is 16.1 Å². The first kappa shape index (κ1) is 20.5. The molecule has 7 heteroatoms. The van der Waals surface area contributed by atoms with Gasteiger partial charge in [0.2, 0.25) is 11.8 Å². The Morgan fingerprint density at radius 1 is 0.897 bits per heavy atom. The van der Waals surface area contributed by atoms with Gasteiger partial charge in [-0.15, -0.1) is 0 Å². The number of nitrogens with one attached hydrogen (secondary N) is 2. The molecule has 0 aliphatic heterocycles. The monoisotopic (exact) mass is 398 g/mol. The highest BCUT2D eigenvalue weighted by atomic mass is 16.5. The molecule has 2 N–H and O–H groups in total. The van der Waals surface area contributed by atoms with Crippen LogP contribution in [0.3, 0.4) is 0 Å². The summed E-state index contributed by atoms with van der Waals surface area (Å²) in [5.41, 5.74) is 1.37. The number of ether oxygens (including phenoxy) is 3. The molecular weight excluding hydrogens is 372 g/mol. The largest absolute Gasteiger partial charge is 0.495 e. The number of carbonyl (C=O) groups is 2. The van der Waals surface area contributed by atoms with Crippen molar-refractivity contribution >= 4 is 17.5 Å². The van der Waals surface area contributed by atoms with Gasteiger partial charge in [-0.2, -0.15) is 0 Å². The second-order valence-corrected chi connectivity index (χ2v) is 7.11. The average Bonchev–Trinajstić information content (AvgIpc) is 3.54. The van der Waals surface area contributed by atoms with Gasteiger partial charge in [0.15, 0.2) is 11.5 Å². The van der Waals surface area contributed by atoms with Crippen LogP contribution in [0.25, 0.3) is 0 Å². The van der Waals surface area contributed by atoms with E-state index in [0.717, 1.165) is 11.1 Å². The fourth-order valence-electron chi connectivity index (χ4n) is 3.19. The zero-order valence-electron chi connectivity index (χ0n) is 17.1. The number of hydrogen-bond donors (Lipinski definition) is 2. The fourth-order valence-corrected chi connectivity index (χ4v) is 3.19. The summed E-state index contributed by atoms with van der Waals surface area (Å²) in [7, 11) is 4.67. The van der Waals surface area contributed by atoms with Gasteiger partial charge in [-0.25, -0.2) is 0 Å². The van der Waals surface area contributed by atoms with E-state index in [1.54, 1.807) is 39.5 Å². The van der Waals surface area contributed by atoms with Crippen LogP contribution in [0.4, 0.5) is 5.69 Å². The fraction of sp³-hybridized carbons (Fsp3) is 0.364. The quantitative estimate of drug-likeness (QED) is 0.668. The molecule has 0 atom stereocenters. The van der Waals surface area contributed by atoms with Crippen molar-refractivity contribution in [1.29, 1.82) is 0 Å². The number of methoxy groups -OCH3 is 3. The Hall–Kier alpha value is -3.22. The van der Waals surface area contributed by atoms with Crippen LogP contribution in [0.15, 0.2) is 36.4 Å². The van der Waals surface area contributed by atoms with Crippen LogP contribution in [-0.4, -0.2) is 33.1 Å². The molecule has 1 aliphatic carbocycles. The molecule has 154 valence electrons. The van der Waals surface area contributed by atoms with Crippen LogP contribution < -0.4 is 24.8 Å². The lowest BCUT2D eigenvalue weighted by Crippen LogP contribution is -2.39. The number of amides is 2. The van der Waals surface area contributed by atoms with E-state index in [4.69, 9.17) is 14.2 Å². The van der Waals surface area contributed by atoms with Crippen molar-refractivity contribution in [2.45, 2.75) is 26.3 Å². The first-order valence-corrected chi connectivity index (χ1v) is 9.39. The first-order valence-electron chi connectivity index (χ1n) is 9.39. The molecule has 0 bridgehead atoms. The van der Waals surface area contributed by atoms with Crippen molar-refractivity contribution < 1.29 is 23.8 Å². The lowest BCUT2D eigenvalue weighted by Gasteiger charge is -2.17. The zero-order valence-corrected chi connectivity index (χ0v) is 17.1. The van der Waals surface area contributed by atoms with Crippen molar-refractivity contribution in [2.75, 3.05) is 26.6 Å². The third-order valence-electron chi connectivity index (χ3n) is 5.12. The van der Waals surface area contributed by atoms with E-state index in [1.165, 1.54) is 0 Å². The zero-order chi connectivity index (χ0) is 21.0. The topological polar surface area (TPSA) is 85.9 Å². The van der Waals surface area contributed by atoms with E-state index in [1.807, 2.05) is 25.1 Å². The van der Waals surface area contributed by atoms with Crippen LogP contribution in [0, 0.1) is 12.3 Å². The van der Waals surface area contributed by atoms with E-state index in [-0.39, 0.29) is 11.8 Å². The Kier molecular flexibility index (Phi) is 5.96. The number of rotatable bonds is 8. The van der Waals surface area contributed by atoms with Crippen LogP contribution in [0.1, 0.15) is 24.0 Å². The Morgan fingerprint density at radius 3 is 2.17 bits per heavy atom. The molecule has 0 aromatic heterocycles. The van der Waals surface area contributed by atoms with Gasteiger partial charge in [0.25, 0.3) is 0 Å². The van der Waals surface area contributed by atoms with Gasteiger partial charge in [-0.1, -0.05) is 12.1 Å². The van der Waals surface area contributed by atoms with E-state index in [0.29, 0.717) is 42.3 Å². The molecule has 2 aromatic rings. The SMILES string of the molecule is COc1ccc(C)cc1NC(=O)C1(C(=O)NCc2ccc(OC)c(OC)c2)CC1. The van der Waals surface area contributed by atoms with Gasteiger partial charge in [-0.05, 0) is 55.2 Å². The lowest BCUT2D eigenvalue weighted by molar-refractivity contribution is -0.134. The Labute approximate surface area is 170 Å². The summed E-state index contributed by atoms with van der Waals surface area (Å²) in [6.45, 7) is 2.22. The lowest BCUT2D eigenvalue weighted by atomic mass is 10.0. The molecule has 1 saturated carbocycles. The number of carbonyl (C=O) groups excluding carboxylic acids is 2. The maximum Gasteiger partial charge on any atom is 0.240 e. The Balaban J connectivity index is 1.66. The smallest absolute Gasteiger partial charge is 0.240 e. The molecule has 0 heterocycles. The van der Waals surface area contributed by atoms with E-state index >= 15 is 0 Å². The first-order chi connectivity index (χ1) is 13.9. The standard InChI is InChI=1S/C22H26N2O5/c1-14-5-7-17(27-2)16(11-14)24-21(26)22(9-10-22)20(25)23-13-15-6-8-18(28-3)19(12-15)29-4/h5-8,11-12H,9-10,13H2,1-4H3,(H,23,25)(H,24,26). The molecule has 2 aromatic carbocycles. The number of aryl methyl sites for hydroxylation is 1. The maximum absolute atomic E-state index is 12.8. The second kappa shape index (κ2) is 8.43. The molecular formula is C22H26N2O5. The molecule has 0 unspecified atom stereocenters. The summed E-state index contributed by atoms with van der Waals surface area (Å²) in [5.74, 6) is 1.17. The normalized spacial score (nSPS) is 13.9. The number of hydrogen-bond acceptors (Lipinski definition) is 5. The Morgan fingerprint density at radius 2 is 1.55 bits per heavy atom. The minimum absolute atomic E-state index is 0.281. The summed E-state index contributed by atoms with van der Waals surface area (Å²) in [6, 6.07) is 11.0. The summed E-state index contributed by atoms with van der Waals surface area (Å²) in [6.07, 6.45) is 1.04. The van der Waals surface area contributed by atoms with Crippen molar-refractivity contribution in [3.63, 3.8) is 0 Å². The second-order valence-electron chi connectivity index (χ2n) is 7.11. The van der Waals surface area contributed by atoms with Gasteiger partial charge in [0, 0.05) is 6.54 Å². The van der Waals surface area contributed by atoms with Crippen molar-refractivity contribution in [3.05, 3.63) is 47.5 Å². The highest BCUT2D eigenvalue weighted by Gasteiger charge is 2.56. The molecule has 0 saturated heterocycles. The minimum Gasteiger partial charge on any atom is -0.495 e. The van der Waals surface area contributed by atoms with Gasteiger partial charge in [0.05, 0.1) is 27.0 Å². The van der Waals surface area contributed by atoms with E-state index in [9.17, 15) is 9.59 Å². The van der Waals surface area contributed by atoms with Gasteiger partial charge in [-0.3, -0.25) is 9.59 Å². The summed E-state index contributed by atoms with van der Waals surface area (Å²) in [5, 5.41) is 5.73. The van der Waals surface area contributed by atoms with Gasteiger partial charge >= 0.3 is 0 Å². The van der Waals surface area contributed by atoms with Crippen molar-refractivity contribution in [2.24, 2.45) is 5.41 Å². The predicted molar refractivity (Wildman–Crippen MR) is 109 cm³/mol. The molecule has 1 fully saturated rings. The molecule has 1 aliphatic rings. The molecule has 0 spiro atoms. The van der Waals surface area contributed by atoms with Gasteiger partial charge < -0.3 is 24.8 Å². The number of anilines is 1. The van der Waals surface area contributed by atoms with Crippen LogP contribution in [0.2, 0.25) is 0 Å². The maximum atomic E-state index is 12.8. The van der Waals surface area contributed by atoms with Crippen molar-refractivity contribution in [1.82, 2.24) is 5.32 Å². The van der Waals surface area contributed by atoms with E-state index in [2.05, 4.69) is 10.6 Å². The van der Waals surface area contributed by atoms with Gasteiger partial charge in [0.1, 0.15) is 11.2 Å².